The Morgan fingerprint density at radius 2 is 2.10 bits per heavy atom. The standard InChI is InChI=1S/C15H24N4.HI/c1-12-5-7-14(8-6-12)18-15(16)17-10-13-4-3-9-19(2)11-13;/h5-8,13H,3-4,9-11H2,1-2H3,(H3,16,17,18);1H. The van der Waals surface area contributed by atoms with Crippen molar-refractivity contribution < 1.29 is 0 Å². The number of aryl methyl sites for hydroxylation is 1. The van der Waals surface area contributed by atoms with Crippen molar-refractivity contribution >= 4 is 35.6 Å². The van der Waals surface area contributed by atoms with Gasteiger partial charge in [-0.3, -0.25) is 4.99 Å². The van der Waals surface area contributed by atoms with Gasteiger partial charge in [-0.25, -0.2) is 0 Å². The highest BCUT2D eigenvalue weighted by atomic mass is 127. The lowest BCUT2D eigenvalue weighted by atomic mass is 9.99. The third-order valence-corrected chi connectivity index (χ3v) is 3.57. The molecular formula is C15H25IN4. The molecule has 0 spiro atoms. The minimum absolute atomic E-state index is 0. The second kappa shape index (κ2) is 8.46. The molecular weight excluding hydrogens is 363 g/mol. The fourth-order valence-corrected chi connectivity index (χ4v) is 2.47. The molecule has 1 aliphatic rings. The fraction of sp³-hybridized carbons (Fsp3) is 0.533. The highest BCUT2D eigenvalue weighted by Crippen LogP contribution is 2.15. The fourth-order valence-electron chi connectivity index (χ4n) is 2.47. The van der Waals surface area contributed by atoms with Gasteiger partial charge < -0.3 is 16.0 Å². The van der Waals surface area contributed by atoms with Crippen molar-refractivity contribution in [2.24, 2.45) is 16.6 Å². The van der Waals surface area contributed by atoms with Crippen molar-refractivity contribution in [1.82, 2.24) is 4.90 Å². The van der Waals surface area contributed by atoms with Crippen LogP contribution in [0.15, 0.2) is 29.3 Å². The molecule has 1 heterocycles. The Labute approximate surface area is 138 Å². The number of hydrogen-bond donors (Lipinski definition) is 2. The minimum Gasteiger partial charge on any atom is -0.370 e. The second-order valence-electron chi connectivity index (χ2n) is 5.49. The van der Waals surface area contributed by atoms with Crippen molar-refractivity contribution in [3.8, 4) is 0 Å². The zero-order chi connectivity index (χ0) is 13.7. The molecule has 0 aliphatic carbocycles. The normalized spacial score (nSPS) is 20.3. The Morgan fingerprint density at radius 3 is 2.75 bits per heavy atom. The van der Waals surface area contributed by atoms with Crippen LogP contribution in [0.1, 0.15) is 18.4 Å². The van der Waals surface area contributed by atoms with Crippen LogP contribution in [0.4, 0.5) is 5.69 Å². The molecule has 1 unspecified atom stereocenters. The van der Waals surface area contributed by atoms with E-state index in [-0.39, 0.29) is 24.0 Å². The zero-order valence-electron chi connectivity index (χ0n) is 12.3. The van der Waals surface area contributed by atoms with E-state index in [0.29, 0.717) is 11.9 Å². The number of anilines is 1. The molecule has 0 bridgehead atoms. The van der Waals surface area contributed by atoms with Gasteiger partial charge in [0, 0.05) is 18.8 Å². The highest BCUT2D eigenvalue weighted by Gasteiger charge is 2.16. The smallest absolute Gasteiger partial charge is 0.193 e. The van der Waals surface area contributed by atoms with Crippen LogP contribution >= 0.6 is 24.0 Å². The third kappa shape index (κ3) is 5.66. The van der Waals surface area contributed by atoms with Gasteiger partial charge in [-0.15, -0.1) is 24.0 Å². The van der Waals surface area contributed by atoms with Gasteiger partial charge in [0.15, 0.2) is 5.96 Å². The number of benzene rings is 1. The van der Waals surface area contributed by atoms with Gasteiger partial charge in [-0.2, -0.15) is 0 Å². The molecule has 0 radical (unpaired) electrons. The monoisotopic (exact) mass is 388 g/mol. The van der Waals surface area contributed by atoms with Crippen molar-refractivity contribution in [2.45, 2.75) is 19.8 Å². The van der Waals surface area contributed by atoms with Gasteiger partial charge in [0.1, 0.15) is 0 Å². The average molecular weight is 388 g/mol. The van der Waals surface area contributed by atoms with Crippen molar-refractivity contribution in [2.75, 3.05) is 32.0 Å². The molecule has 0 saturated carbocycles. The summed E-state index contributed by atoms with van der Waals surface area (Å²) in [6.07, 6.45) is 2.52. The van der Waals surface area contributed by atoms with E-state index in [0.717, 1.165) is 18.8 Å². The summed E-state index contributed by atoms with van der Waals surface area (Å²) in [5.41, 5.74) is 8.16. The maximum atomic E-state index is 5.92. The Balaban J connectivity index is 0.00000200. The SMILES string of the molecule is Cc1ccc(NC(N)=NCC2CCCN(C)C2)cc1.I. The van der Waals surface area contributed by atoms with Gasteiger partial charge in [0.25, 0.3) is 0 Å². The second-order valence-corrected chi connectivity index (χ2v) is 5.49. The first kappa shape index (κ1) is 17.2. The Hall–Kier alpha value is -0.820. The van der Waals surface area contributed by atoms with Crippen molar-refractivity contribution in [1.29, 1.82) is 0 Å². The molecule has 1 aliphatic heterocycles. The van der Waals surface area contributed by atoms with Crippen LogP contribution < -0.4 is 11.1 Å². The van der Waals surface area contributed by atoms with Crippen LogP contribution in [-0.2, 0) is 0 Å². The van der Waals surface area contributed by atoms with Gasteiger partial charge in [-0.05, 0) is 51.4 Å². The van der Waals surface area contributed by atoms with Gasteiger partial charge in [0.05, 0.1) is 0 Å². The molecule has 1 aromatic rings. The number of nitrogens with zero attached hydrogens (tertiary/aromatic N) is 2. The summed E-state index contributed by atoms with van der Waals surface area (Å²) >= 11 is 0. The van der Waals surface area contributed by atoms with Crippen molar-refractivity contribution in [3.63, 3.8) is 0 Å². The summed E-state index contributed by atoms with van der Waals surface area (Å²) in [5, 5.41) is 3.13. The largest absolute Gasteiger partial charge is 0.370 e. The van der Waals surface area contributed by atoms with Crippen LogP contribution in [0.3, 0.4) is 0 Å². The number of rotatable bonds is 3. The molecule has 0 aromatic heterocycles. The minimum atomic E-state index is 0. The van der Waals surface area contributed by atoms with Crippen LogP contribution in [0.5, 0.6) is 0 Å². The quantitative estimate of drug-likeness (QED) is 0.476. The van der Waals surface area contributed by atoms with Crippen LogP contribution in [0.2, 0.25) is 0 Å². The number of piperidine rings is 1. The van der Waals surface area contributed by atoms with Crippen molar-refractivity contribution in [3.05, 3.63) is 29.8 Å². The topological polar surface area (TPSA) is 53.6 Å². The maximum Gasteiger partial charge on any atom is 0.193 e. The summed E-state index contributed by atoms with van der Waals surface area (Å²) in [4.78, 5) is 6.82. The lowest BCUT2D eigenvalue weighted by Crippen LogP contribution is -2.34. The van der Waals surface area contributed by atoms with E-state index in [2.05, 4.69) is 41.3 Å². The molecule has 2 rings (SSSR count). The Bertz CT molecular complexity index is 430. The number of hydrogen-bond acceptors (Lipinski definition) is 2. The first-order valence-corrected chi connectivity index (χ1v) is 6.95. The summed E-state index contributed by atoms with van der Waals surface area (Å²) < 4.78 is 0. The van der Waals surface area contributed by atoms with Crippen LogP contribution in [0.25, 0.3) is 0 Å². The summed E-state index contributed by atoms with van der Waals surface area (Å²) in [6, 6.07) is 8.16. The summed E-state index contributed by atoms with van der Waals surface area (Å²) in [7, 11) is 2.17. The van der Waals surface area contributed by atoms with E-state index in [4.69, 9.17) is 5.73 Å². The molecule has 5 heteroatoms. The highest BCUT2D eigenvalue weighted by molar-refractivity contribution is 14.0. The molecule has 3 N–H and O–H groups in total. The molecule has 4 nitrogen and oxygen atoms in total. The lowest BCUT2D eigenvalue weighted by molar-refractivity contribution is 0.214. The lowest BCUT2D eigenvalue weighted by Gasteiger charge is -2.28. The molecule has 1 aromatic carbocycles. The number of nitrogens with one attached hydrogen (secondary N) is 1. The molecule has 1 saturated heterocycles. The summed E-state index contributed by atoms with van der Waals surface area (Å²) in [6.45, 7) is 5.22. The van der Waals surface area contributed by atoms with E-state index in [9.17, 15) is 0 Å². The van der Waals surface area contributed by atoms with E-state index < -0.39 is 0 Å². The van der Waals surface area contributed by atoms with E-state index >= 15 is 0 Å². The van der Waals surface area contributed by atoms with Gasteiger partial charge in [0.2, 0.25) is 0 Å². The molecule has 1 atom stereocenters. The molecule has 1 fully saturated rings. The van der Waals surface area contributed by atoms with Crippen LogP contribution in [-0.4, -0.2) is 37.5 Å². The Kier molecular flexibility index (Phi) is 7.29. The Morgan fingerprint density at radius 1 is 1.40 bits per heavy atom. The van der Waals surface area contributed by atoms with Gasteiger partial charge >= 0.3 is 0 Å². The first-order valence-electron chi connectivity index (χ1n) is 6.95. The predicted octanol–water partition coefficient (Wildman–Crippen LogP) is 2.68. The van der Waals surface area contributed by atoms with E-state index in [1.54, 1.807) is 0 Å². The number of halogens is 1. The van der Waals surface area contributed by atoms with Crippen LogP contribution in [0, 0.1) is 12.8 Å². The maximum absolute atomic E-state index is 5.92. The van der Waals surface area contributed by atoms with Gasteiger partial charge in [-0.1, -0.05) is 17.7 Å². The first-order chi connectivity index (χ1) is 9.13. The number of likely N-dealkylation sites (tertiary alicyclic amines) is 1. The number of guanidine groups is 1. The number of aliphatic imine (C=N–C) groups is 1. The number of nitrogens with two attached hydrogens (primary N) is 1. The zero-order valence-corrected chi connectivity index (χ0v) is 14.6. The van der Waals surface area contributed by atoms with E-state index in [1.807, 2.05) is 12.1 Å². The summed E-state index contributed by atoms with van der Waals surface area (Å²) in [5.74, 6) is 1.15. The van der Waals surface area contributed by atoms with E-state index in [1.165, 1.54) is 24.9 Å². The third-order valence-electron chi connectivity index (χ3n) is 3.57. The molecule has 0 amide bonds. The average Bonchev–Trinajstić information content (AvgIpc) is 2.39. The molecule has 20 heavy (non-hydrogen) atoms. The molecule has 112 valence electrons. The predicted molar refractivity (Wildman–Crippen MR) is 96.9 cm³/mol.